The molecule has 23 heavy (non-hydrogen) atoms. The normalized spacial score (nSPS) is 12.3. The summed E-state index contributed by atoms with van der Waals surface area (Å²) in [5.74, 6) is 1.18. The first-order chi connectivity index (χ1) is 11.2. The van der Waals surface area contributed by atoms with Gasteiger partial charge in [0.15, 0.2) is 5.78 Å². The van der Waals surface area contributed by atoms with Gasteiger partial charge in [-0.2, -0.15) is 0 Å². The van der Waals surface area contributed by atoms with Gasteiger partial charge in [-0.15, -0.1) is 0 Å². The van der Waals surface area contributed by atoms with Crippen LogP contribution in [0.1, 0.15) is 42.1 Å². The van der Waals surface area contributed by atoms with Crippen LogP contribution in [0.2, 0.25) is 0 Å². The van der Waals surface area contributed by atoms with Crippen molar-refractivity contribution >= 4 is 16.7 Å². The monoisotopic (exact) mass is 307 g/mol. The Morgan fingerprint density at radius 2 is 1.96 bits per heavy atom. The highest BCUT2D eigenvalue weighted by Gasteiger charge is 2.16. The van der Waals surface area contributed by atoms with Crippen LogP contribution in [-0.4, -0.2) is 17.4 Å². The molecular weight excluding hydrogens is 286 g/mol. The molecule has 0 spiro atoms. The lowest BCUT2D eigenvalue weighted by Gasteiger charge is -2.11. The summed E-state index contributed by atoms with van der Waals surface area (Å²) in [7, 11) is 0. The van der Waals surface area contributed by atoms with Crippen LogP contribution in [0.5, 0.6) is 5.75 Å². The largest absolute Gasteiger partial charge is 0.494 e. The minimum absolute atomic E-state index is 0.147. The van der Waals surface area contributed by atoms with Crippen molar-refractivity contribution in [2.24, 2.45) is 0 Å². The molecule has 0 saturated heterocycles. The first kappa shape index (κ1) is 15.3. The number of rotatable bonds is 6. The van der Waals surface area contributed by atoms with Gasteiger partial charge in [0.25, 0.3) is 0 Å². The zero-order valence-corrected chi connectivity index (χ0v) is 13.5. The number of hydrogen-bond donors (Lipinski definition) is 1. The summed E-state index contributed by atoms with van der Waals surface area (Å²) < 4.78 is 5.59. The zero-order chi connectivity index (χ0) is 16.2. The Morgan fingerprint density at radius 3 is 2.70 bits per heavy atom. The summed E-state index contributed by atoms with van der Waals surface area (Å²) in [4.78, 5) is 15.7. The number of aromatic amines is 1. The van der Waals surface area contributed by atoms with E-state index in [4.69, 9.17) is 4.74 Å². The van der Waals surface area contributed by atoms with Gasteiger partial charge in [0.1, 0.15) is 5.75 Å². The minimum atomic E-state index is 0.147. The lowest BCUT2D eigenvalue weighted by atomic mass is 9.93. The lowest BCUT2D eigenvalue weighted by molar-refractivity contribution is 0.0976. The van der Waals surface area contributed by atoms with Crippen molar-refractivity contribution in [3.8, 4) is 5.75 Å². The molecule has 3 heteroatoms. The summed E-state index contributed by atoms with van der Waals surface area (Å²) in [6, 6.07) is 15.5. The molecule has 0 aliphatic heterocycles. The van der Waals surface area contributed by atoms with E-state index in [1.807, 2.05) is 61.7 Å². The fourth-order valence-corrected chi connectivity index (χ4v) is 2.92. The molecular formula is C20H21NO2. The Bertz CT molecular complexity index is 805. The molecule has 1 atom stereocenters. The molecule has 1 unspecified atom stereocenters. The van der Waals surface area contributed by atoms with Gasteiger partial charge in [0.2, 0.25) is 0 Å². The standard InChI is InChI=1S/C20H21NO2/c1-3-23-16-9-10-19-17(12-16)18(13-21-19)14(2)11-20(22)15-7-5-4-6-8-15/h4-10,12-14,21H,3,11H2,1-2H3. The van der Waals surface area contributed by atoms with E-state index in [1.54, 1.807) is 0 Å². The van der Waals surface area contributed by atoms with E-state index in [1.165, 1.54) is 0 Å². The molecule has 1 N–H and O–H groups in total. The second-order valence-corrected chi connectivity index (χ2v) is 5.78. The molecule has 0 saturated carbocycles. The average Bonchev–Trinajstić information content (AvgIpc) is 2.99. The van der Waals surface area contributed by atoms with Crippen molar-refractivity contribution in [1.29, 1.82) is 0 Å². The molecule has 3 aromatic rings. The number of ketones is 1. The van der Waals surface area contributed by atoms with E-state index in [0.717, 1.165) is 27.8 Å². The predicted octanol–water partition coefficient (Wildman–Crippen LogP) is 4.94. The van der Waals surface area contributed by atoms with E-state index >= 15 is 0 Å². The Hall–Kier alpha value is -2.55. The van der Waals surface area contributed by atoms with E-state index in [9.17, 15) is 4.79 Å². The van der Waals surface area contributed by atoms with Crippen LogP contribution in [0.3, 0.4) is 0 Å². The minimum Gasteiger partial charge on any atom is -0.494 e. The average molecular weight is 307 g/mol. The maximum Gasteiger partial charge on any atom is 0.163 e. The van der Waals surface area contributed by atoms with Crippen LogP contribution >= 0.6 is 0 Å². The Labute approximate surface area is 136 Å². The molecule has 2 aromatic carbocycles. The van der Waals surface area contributed by atoms with Gasteiger partial charge in [0.05, 0.1) is 6.61 Å². The van der Waals surface area contributed by atoms with Crippen molar-refractivity contribution in [3.05, 3.63) is 65.9 Å². The van der Waals surface area contributed by atoms with Crippen molar-refractivity contribution in [1.82, 2.24) is 4.98 Å². The quantitative estimate of drug-likeness (QED) is 0.655. The number of ether oxygens (including phenoxy) is 1. The number of H-pyrrole nitrogens is 1. The molecule has 0 fully saturated rings. The van der Waals surface area contributed by atoms with Crippen LogP contribution in [0.25, 0.3) is 10.9 Å². The molecule has 3 nitrogen and oxygen atoms in total. The SMILES string of the molecule is CCOc1ccc2[nH]cc(C(C)CC(=O)c3ccccc3)c2c1. The second-order valence-electron chi connectivity index (χ2n) is 5.78. The highest BCUT2D eigenvalue weighted by molar-refractivity contribution is 5.97. The lowest BCUT2D eigenvalue weighted by Crippen LogP contribution is -2.04. The topological polar surface area (TPSA) is 42.1 Å². The number of nitrogens with one attached hydrogen (secondary N) is 1. The number of aromatic nitrogens is 1. The number of fused-ring (bicyclic) bond motifs is 1. The van der Waals surface area contributed by atoms with Crippen LogP contribution in [0.4, 0.5) is 0 Å². The Kier molecular flexibility index (Phi) is 4.47. The molecule has 1 aromatic heterocycles. The van der Waals surface area contributed by atoms with Gasteiger partial charge >= 0.3 is 0 Å². The van der Waals surface area contributed by atoms with Gasteiger partial charge < -0.3 is 9.72 Å². The van der Waals surface area contributed by atoms with Crippen LogP contribution < -0.4 is 4.74 Å². The molecule has 1 heterocycles. The van der Waals surface area contributed by atoms with Gasteiger partial charge in [-0.3, -0.25) is 4.79 Å². The van der Waals surface area contributed by atoms with Gasteiger partial charge in [-0.05, 0) is 36.6 Å². The number of benzene rings is 2. The first-order valence-electron chi connectivity index (χ1n) is 8.01. The highest BCUT2D eigenvalue weighted by atomic mass is 16.5. The van der Waals surface area contributed by atoms with Crippen molar-refractivity contribution < 1.29 is 9.53 Å². The summed E-state index contributed by atoms with van der Waals surface area (Å²) in [5.41, 5.74) is 3.00. The highest BCUT2D eigenvalue weighted by Crippen LogP contribution is 2.31. The fourth-order valence-electron chi connectivity index (χ4n) is 2.92. The predicted molar refractivity (Wildman–Crippen MR) is 93.3 cm³/mol. The summed E-state index contributed by atoms with van der Waals surface area (Å²) in [6.45, 7) is 4.72. The Balaban J connectivity index is 1.84. The maximum absolute atomic E-state index is 12.4. The van der Waals surface area contributed by atoms with Gasteiger partial charge in [0, 0.05) is 29.1 Å². The molecule has 0 aliphatic carbocycles. The van der Waals surface area contributed by atoms with Crippen LogP contribution in [0.15, 0.2) is 54.7 Å². The molecule has 0 amide bonds. The molecule has 0 bridgehead atoms. The van der Waals surface area contributed by atoms with Crippen LogP contribution in [-0.2, 0) is 0 Å². The summed E-state index contributed by atoms with van der Waals surface area (Å²) >= 11 is 0. The third-order valence-electron chi connectivity index (χ3n) is 4.11. The van der Waals surface area contributed by atoms with Gasteiger partial charge in [-0.1, -0.05) is 37.3 Å². The number of carbonyl (C=O) groups is 1. The van der Waals surface area contributed by atoms with Crippen molar-refractivity contribution in [3.63, 3.8) is 0 Å². The first-order valence-corrected chi connectivity index (χ1v) is 8.01. The number of Topliss-reactive ketones (excluding diaryl/α,β-unsaturated/α-hetero) is 1. The van der Waals surface area contributed by atoms with Crippen LogP contribution in [0, 0.1) is 0 Å². The number of hydrogen-bond acceptors (Lipinski definition) is 2. The smallest absolute Gasteiger partial charge is 0.163 e. The molecule has 0 radical (unpaired) electrons. The summed E-state index contributed by atoms with van der Waals surface area (Å²) in [5, 5.41) is 1.13. The third-order valence-corrected chi connectivity index (χ3v) is 4.11. The second kappa shape index (κ2) is 6.69. The summed E-state index contributed by atoms with van der Waals surface area (Å²) in [6.07, 6.45) is 2.50. The van der Waals surface area contributed by atoms with Crippen molar-refractivity contribution in [2.45, 2.75) is 26.2 Å². The van der Waals surface area contributed by atoms with Gasteiger partial charge in [-0.25, -0.2) is 0 Å². The molecule has 0 aliphatic rings. The van der Waals surface area contributed by atoms with E-state index in [-0.39, 0.29) is 11.7 Å². The van der Waals surface area contributed by atoms with E-state index in [0.29, 0.717) is 13.0 Å². The fraction of sp³-hybridized carbons (Fsp3) is 0.250. The van der Waals surface area contributed by atoms with E-state index < -0.39 is 0 Å². The Morgan fingerprint density at radius 1 is 1.17 bits per heavy atom. The van der Waals surface area contributed by atoms with E-state index in [2.05, 4.69) is 11.9 Å². The third kappa shape index (κ3) is 3.29. The van der Waals surface area contributed by atoms with Crippen molar-refractivity contribution in [2.75, 3.05) is 6.61 Å². The number of carbonyl (C=O) groups excluding carboxylic acids is 1. The maximum atomic E-state index is 12.4. The molecule has 3 rings (SSSR count). The molecule has 118 valence electrons. The zero-order valence-electron chi connectivity index (χ0n) is 13.5.